The van der Waals surface area contributed by atoms with Crippen LogP contribution in [0.1, 0.15) is 21.5 Å². The lowest BCUT2D eigenvalue weighted by Gasteiger charge is -2.08. The summed E-state index contributed by atoms with van der Waals surface area (Å²) < 4.78 is 9.21. The summed E-state index contributed by atoms with van der Waals surface area (Å²) in [7, 11) is 0. The maximum atomic E-state index is 12.8. The average molecular weight is 576 g/mol. The van der Waals surface area contributed by atoms with Gasteiger partial charge in [0.15, 0.2) is 5.82 Å². The predicted molar refractivity (Wildman–Crippen MR) is 133 cm³/mol. The van der Waals surface area contributed by atoms with Crippen molar-refractivity contribution in [3.8, 4) is 5.75 Å². The second-order valence-corrected chi connectivity index (χ2v) is 9.19. The second-order valence-electron chi connectivity index (χ2n) is 7.01. The van der Waals surface area contributed by atoms with Gasteiger partial charge in [-0.05, 0) is 69.5 Å². The van der Waals surface area contributed by atoms with Gasteiger partial charge < -0.3 is 10.1 Å². The first-order chi connectivity index (χ1) is 15.5. The Morgan fingerprint density at radius 3 is 2.59 bits per heavy atom. The molecule has 1 aromatic heterocycles. The van der Waals surface area contributed by atoms with Gasteiger partial charge in [0.05, 0.1) is 11.0 Å². The van der Waals surface area contributed by atoms with E-state index < -0.39 is 0 Å². The molecule has 0 unspecified atom stereocenters. The third kappa shape index (κ3) is 5.79. The molecule has 0 aliphatic heterocycles. The summed E-state index contributed by atoms with van der Waals surface area (Å²) in [5.41, 5.74) is 2.36. The summed E-state index contributed by atoms with van der Waals surface area (Å²) in [6.07, 6.45) is 1.81. The molecule has 1 heterocycles. The molecule has 0 aliphatic rings. The molecule has 5 nitrogen and oxygen atoms in total. The molecule has 4 rings (SSSR count). The number of ether oxygens (including phenoxy) is 1. The van der Waals surface area contributed by atoms with Gasteiger partial charge in [0.2, 0.25) is 0 Å². The van der Waals surface area contributed by atoms with E-state index in [0.717, 1.165) is 21.3 Å². The summed E-state index contributed by atoms with van der Waals surface area (Å²) in [5.74, 6) is 0.953. The van der Waals surface area contributed by atoms with Crippen LogP contribution in [0.4, 0.5) is 5.82 Å². The minimum absolute atomic E-state index is 0.251. The minimum atomic E-state index is -0.251. The Kier molecular flexibility index (Phi) is 7.29. The van der Waals surface area contributed by atoms with Crippen LogP contribution in [0.25, 0.3) is 0 Å². The fraction of sp³-hybridized carbons (Fsp3) is 0.0833. The number of anilines is 1. The molecule has 0 fully saturated rings. The van der Waals surface area contributed by atoms with E-state index in [4.69, 9.17) is 16.3 Å². The average Bonchev–Trinajstić information content (AvgIpc) is 3.13. The van der Waals surface area contributed by atoms with Crippen molar-refractivity contribution in [3.05, 3.63) is 110 Å². The van der Waals surface area contributed by atoms with Crippen molar-refractivity contribution in [1.29, 1.82) is 0 Å². The van der Waals surface area contributed by atoms with Crippen molar-refractivity contribution < 1.29 is 9.53 Å². The van der Waals surface area contributed by atoms with Crippen LogP contribution in [0.5, 0.6) is 5.75 Å². The molecule has 0 radical (unpaired) electrons. The topological polar surface area (TPSA) is 56.2 Å². The molecule has 0 aliphatic carbocycles. The first-order valence-electron chi connectivity index (χ1n) is 9.73. The van der Waals surface area contributed by atoms with Crippen LogP contribution in [0, 0.1) is 0 Å². The van der Waals surface area contributed by atoms with Gasteiger partial charge in [-0.1, -0.05) is 57.9 Å². The zero-order valence-corrected chi connectivity index (χ0v) is 20.7. The zero-order valence-electron chi connectivity index (χ0n) is 16.8. The molecule has 8 heteroatoms. The number of rotatable bonds is 7. The van der Waals surface area contributed by atoms with Crippen LogP contribution in [-0.2, 0) is 13.2 Å². The standard InChI is InChI=1S/C24H18Br2ClN3O2/c25-19-8-10-20(11-9-19)32-15-16-4-3-6-17(12-16)24(31)28-23-21(26)14-30(29-23)13-18-5-1-2-7-22(18)27/h1-12,14H,13,15H2,(H,28,29,31). The Morgan fingerprint density at radius 1 is 1.03 bits per heavy atom. The first kappa shape index (κ1) is 22.6. The molecular weight excluding hydrogens is 558 g/mol. The Bertz CT molecular complexity index is 1240. The summed E-state index contributed by atoms with van der Waals surface area (Å²) in [6, 6.07) is 22.5. The fourth-order valence-corrected chi connectivity index (χ4v) is 3.92. The van der Waals surface area contributed by atoms with Crippen molar-refractivity contribution in [2.75, 3.05) is 5.32 Å². The van der Waals surface area contributed by atoms with Crippen LogP contribution in [0.2, 0.25) is 5.02 Å². The molecule has 4 aromatic rings. The predicted octanol–water partition coefficient (Wildman–Crippen LogP) is 6.94. The van der Waals surface area contributed by atoms with E-state index in [9.17, 15) is 4.79 Å². The fourth-order valence-electron chi connectivity index (χ4n) is 3.04. The molecule has 0 saturated heterocycles. The second kappa shape index (κ2) is 10.3. The highest BCUT2D eigenvalue weighted by atomic mass is 79.9. The number of hydrogen-bond acceptors (Lipinski definition) is 3. The van der Waals surface area contributed by atoms with Crippen molar-refractivity contribution >= 4 is 55.2 Å². The summed E-state index contributed by atoms with van der Waals surface area (Å²) in [5, 5.41) is 8.00. The monoisotopic (exact) mass is 573 g/mol. The highest BCUT2D eigenvalue weighted by molar-refractivity contribution is 9.10. The van der Waals surface area contributed by atoms with Gasteiger partial charge in [0, 0.05) is 21.3 Å². The molecule has 1 N–H and O–H groups in total. The van der Waals surface area contributed by atoms with Crippen LogP contribution in [-0.4, -0.2) is 15.7 Å². The Hall–Kier alpha value is -2.61. The number of nitrogens with one attached hydrogen (secondary N) is 1. The molecule has 162 valence electrons. The van der Waals surface area contributed by atoms with Crippen LogP contribution < -0.4 is 10.1 Å². The highest BCUT2D eigenvalue weighted by Crippen LogP contribution is 2.23. The van der Waals surface area contributed by atoms with Gasteiger partial charge in [-0.15, -0.1) is 0 Å². The lowest BCUT2D eigenvalue weighted by atomic mass is 10.1. The van der Waals surface area contributed by atoms with E-state index in [1.165, 1.54) is 0 Å². The van der Waals surface area contributed by atoms with Crippen molar-refractivity contribution in [2.24, 2.45) is 0 Å². The molecule has 3 aromatic carbocycles. The van der Waals surface area contributed by atoms with E-state index in [1.54, 1.807) is 16.9 Å². The third-order valence-electron chi connectivity index (χ3n) is 4.65. The first-order valence-corrected chi connectivity index (χ1v) is 11.7. The summed E-state index contributed by atoms with van der Waals surface area (Å²) in [6.45, 7) is 0.857. The van der Waals surface area contributed by atoms with E-state index in [-0.39, 0.29) is 5.91 Å². The van der Waals surface area contributed by atoms with E-state index in [1.807, 2.05) is 66.7 Å². The van der Waals surface area contributed by atoms with Gasteiger partial charge in [-0.3, -0.25) is 9.48 Å². The SMILES string of the molecule is O=C(Nc1nn(Cc2ccccc2Cl)cc1Br)c1cccc(COc2ccc(Br)cc2)c1. The summed E-state index contributed by atoms with van der Waals surface area (Å²) in [4.78, 5) is 12.8. The van der Waals surface area contributed by atoms with E-state index >= 15 is 0 Å². The van der Waals surface area contributed by atoms with Gasteiger partial charge >= 0.3 is 0 Å². The number of aromatic nitrogens is 2. The highest BCUT2D eigenvalue weighted by Gasteiger charge is 2.13. The number of carbonyl (C=O) groups is 1. The molecule has 1 amide bonds. The third-order valence-corrected chi connectivity index (χ3v) is 6.13. The van der Waals surface area contributed by atoms with Crippen LogP contribution >= 0.6 is 43.5 Å². The molecule has 32 heavy (non-hydrogen) atoms. The number of amides is 1. The normalized spacial score (nSPS) is 10.7. The zero-order chi connectivity index (χ0) is 22.5. The molecule has 0 bridgehead atoms. The number of benzene rings is 3. The Balaban J connectivity index is 1.41. The largest absolute Gasteiger partial charge is 0.489 e. The number of hydrogen-bond donors (Lipinski definition) is 1. The van der Waals surface area contributed by atoms with Crippen molar-refractivity contribution in [1.82, 2.24) is 9.78 Å². The Labute approximate surface area is 207 Å². The van der Waals surface area contributed by atoms with Gasteiger partial charge in [0.1, 0.15) is 12.4 Å². The van der Waals surface area contributed by atoms with Crippen LogP contribution in [0.3, 0.4) is 0 Å². The Morgan fingerprint density at radius 2 is 1.81 bits per heavy atom. The van der Waals surface area contributed by atoms with Crippen LogP contribution in [0.15, 0.2) is 87.9 Å². The van der Waals surface area contributed by atoms with Crippen molar-refractivity contribution in [3.63, 3.8) is 0 Å². The minimum Gasteiger partial charge on any atom is -0.489 e. The molecule has 0 spiro atoms. The molecule has 0 saturated carbocycles. The van der Waals surface area contributed by atoms with E-state index in [0.29, 0.717) is 34.0 Å². The van der Waals surface area contributed by atoms with Gasteiger partial charge in [0.25, 0.3) is 5.91 Å². The van der Waals surface area contributed by atoms with Crippen molar-refractivity contribution in [2.45, 2.75) is 13.2 Å². The summed E-state index contributed by atoms with van der Waals surface area (Å²) >= 11 is 13.1. The van der Waals surface area contributed by atoms with Gasteiger partial charge in [-0.25, -0.2) is 0 Å². The number of nitrogens with zero attached hydrogens (tertiary/aromatic N) is 2. The maximum absolute atomic E-state index is 12.8. The molecule has 0 atom stereocenters. The lowest BCUT2D eigenvalue weighted by molar-refractivity contribution is 0.102. The maximum Gasteiger partial charge on any atom is 0.256 e. The number of carbonyl (C=O) groups excluding carboxylic acids is 1. The smallest absolute Gasteiger partial charge is 0.256 e. The van der Waals surface area contributed by atoms with Gasteiger partial charge in [-0.2, -0.15) is 5.10 Å². The lowest BCUT2D eigenvalue weighted by Crippen LogP contribution is -2.13. The number of halogens is 3. The molecular formula is C24H18Br2ClN3O2. The quantitative estimate of drug-likeness (QED) is 0.260. The van der Waals surface area contributed by atoms with E-state index in [2.05, 4.69) is 42.3 Å².